The van der Waals surface area contributed by atoms with E-state index in [0.29, 0.717) is 18.0 Å². The van der Waals surface area contributed by atoms with E-state index in [4.69, 9.17) is 15.2 Å². The van der Waals surface area contributed by atoms with Gasteiger partial charge in [-0.25, -0.2) is 0 Å². The predicted molar refractivity (Wildman–Crippen MR) is 95.1 cm³/mol. The van der Waals surface area contributed by atoms with Crippen LogP contribution in [0.4, 0.5) is 11.4 Å². The first-order chi connectivity index (χ1) is 11.6. The molecule has 5 heteroatoms. The molecule has 0 bridgehead atoms. The Kier molecular flexibility index (Phi) is 4.42. The normalized spacial score (nSPS) is 15.2. The number of benzene rings is 2. The van der Waals surface area contributed by atoms with Crippen molar-refractivity contribution in [2.24, 2.45) is 0 Å². The fourth-order valence-electron chi connectivity index (χ4n) is 2.63. The topological polar surface area (TPSA) is 64.8 Å². The third-order valence-corrected chi connectivity index (χ3v) is 3.81. The smallest absolute Gasteiger partial charge is 0.294 e. The molecule has 124 valence electrons. The fraction of sp³-hybridized carbons (Fsp3) is 0.211. The highest BCUT2D eigenvalue weighted by atomic mass is 16.5. The van der Waals surface area contributed by atoms with Gasteiger partial charge in [0.1, 0.15) is 5.75 Å². The maximum absolute atomic E-state index is 12.8. The lowest BCUT2D eigenvalue weighted by atomic mass is 10.1. The van der Waals surface area contributed by atoms with E-state index in [1.165, 1.54) is 0 Å². The SMILES string of the molecule is CCCN1C(=O)/C(=C\c2ccc(OC)cc2)Oc2cc(N)ccc21. The van der Waals surface area contributed by atoms with E-state index in [1.54, 1.807) is 30.2 Å². The van der Waals surface area contributed by atoms with Crippen molar-refractivity contribution in [2.75, 3.05) is 24.3 Å². The number of nitrogens with two attached hydrogens (primary N) is 1. The van der Waals surface area contributed by atoms with E-state index in [9.17, 15) is 4.79 Å². The molecule has 0 aliphatic carbocycles. The molecule has 0 spiro atoms. The number of carbonyl (C=O) groups is 1. The van der Waals surface area contributed by atoms with Gasteiger partial charge in [0, 0.05) is 18.3 Å². The van der Waals surface area contributed by atoms with Gasteiger partial charge in [0.15, 0.2) is 11.5 Å². The molecule has 24 heavy (non-hydrogen) atoms. The van der Waals surface area contributed by atoms with E-state index in [-0.39, 0.29) is 11.7 Å². The highest BCUT2D eigenvalue weighted by Crippen LogP contribution is 2.37. The van der Waals surface area contributed by atoms with Crippen molar-refractivity contribution < 1.29 is 14.3 Å². The standard InChI is InChI=1S/C19H20N2O3/c1-3-10-21-16-9-6-14(20)12-17(16)24-18(19(21)22)11-13-4-7-15(23-2)8-5-13/h4-9,11-12H,3,10,20H2,1-2H3/b18-11+. The van der Waals surface area contributed by atoms with Gasteiger partial charge in [0.25, 0.3) is 5.91 Å². The Morgan fingerprint density at radius 2 is 1.96 bits per heavy atom. The molecule has 5 nitrogen and oxygen atoms in total. The number of amides is 1. The molecular formula is C19H20N2O3. The molecule has 1 aliphatic rings. The van der Waals surface area contributed by atoms with Crippen molar-refractivity contribution in [1.82, 2.24) is 0 Å². The molecule has 2 aromatic carbocycles. The summed E-state index contributed by atoms with van der Waals surface area (Å²) in [5, 5.41) is 0. The summed E-state index contributed by atoms with van der Waals surface area (Å²) in [6.45, 7) is 2.66. The zero-order chi connectivity index (χ0) is 17.1. The molecule has 2 N–H and O–H groups in total. The van der Waals surface area contributed by atoms with E-state index < -0.39 is 0 Å². The first-order valence-electron chi connectivity index (χ1n) is 7.87. The molecule has 0 saturated heterocycles. The van der Waals surface area contributed by atoms with Gasteiger partial charge in [-0.3, -0.25) is 4.79 Å². The molecule has 3 rings (SSSR count). The molecule has 2 aromatic rings. The molecule has 0 fully saturated rings. The minimum Gasteiger partial charge on any atom is -0.497 e. The average molecular weight is 324 g/mol. The number of hydrogen-bond donors (Lipinski definition) is 1. The Morgan fingerprint density at radius 3 is 2.62 bits per heavy atom. The van der Waals surface area contributed by atoms with Crippen LogP contribution in [0.15, 0.2) is 48.2 Å². The quantitative estimate of drug-likeness (QED) is 0.691. The lowest BCUT2D eigenvalue weighted by molar-refractivity contribution is -0.117. The molecule has 0 atom stereocenters. The van der Waals surface area contributed by atoms with Gasteiger partial charge in [0.05, 0.1) is 12.8 Å². The number of nitrogen functional groups attached to an aromatic ring is 1. The highest BCUT2D eigenvalue weighted by molar-refractivity contribution is 6.10. The fourth-order valence-corrected chi connectivity index (χ4v) is 2.63. The van der Waals surface area contributed by atoms with Crippen molar-refractivity contribution in [3.05, 3.63) is 53.8 Å². The summed E-state index contributed by atoms with van der Waals surface area (Å²) in [6, 6.07) is 12.8. The Hall–Kier alpha value is -2.95. The number of methoxy groups -OCH3 is 1. The van der Waals surface area contributed by atoms with Gasteiger partial charge in [-0.15, -0.1) is 0 Å². The minimum atomic E-state index is -0.148. The zero-order valence-corrected chi connectivity index (χ0v) is 13.8. The van der Waals surface area contributed by atoms with Crippen LogP contribution in [0.25, 0.3) is 6.08 Å². The summed E-state index contributed by atoms with van der Waals surface area (Å²) in [5.74, 6) is 1.50. The van der Waals surface area contributed by atoms with Crippen molar-refractivity contribution in [3.8, 4) is 11.5 Å². The van der Waals surface area contributed by atoms with Crippen LogP contribution in [0, 0.1) is 0 Å². The van der Waals surface area contributed by atoms with Crippen LogP contribution in [0.3, 0.4) is 0 Å². The molecule has 1 heterocycles. The predicted octanol–water partition coefficient (Wildman–Crippen LogP) is 3.45. The second-order valence-corrected chi connectivity index (χ2v) is 5.57. The Balaban J connectivity index is 1.99. The van der Waals surface area contributed by atoms with E-state index in [1.807, 2.05) is 37.3 Å². The minimum absolute atomic E-state index is 0.148. The number of hydrogen-bond acceptors (Lipinski definition) is 4. The van der Waals surface area contributed by atoms with Crippen LogP contribution in [-0.4, -0.2) is 19.6 Å². The van der Waals surface area contributed by atoms with Gasteiger partial charge in [-0.05, 0) is 42.3 Å². The Labute approximate surface area is 141 Å². The largest absolute Gasteiger partial charge is 0.497 e. The molecule has 0 aromatic heterocycles. The Morgan fingerprint density at radius 1 is 1.21 bits per heavy atom. The summed E-state index contributed by atoms with van der Waals surface area (Å²) < 4.78 is 11.0. The lowest BCUT2D eigenvalue weighted by Gasteiger charge is -2.30. The second kappa shape index (κ2) is 6.66. The van der Waals surface area contributed by atoms with Gasteiger partial charge < -0.3 is 20.1 Å². The molecule has 1 aliphatic heterocycles. The van der Waals surface area contributed by atoms with Crippen LogP contribution in [-0.2, 0) is 4.79 Å². The summed E-state index contributed by atoms with van der Waals surface area (Å²) in [5.41, 5.74) is 8.07. The summed E-state index contributed by atoms with van der Waals surface area (Å²) in [7, 11) is 1.62. The third-order valence-electron chi connectivity index (χ3n) is 3.81. The molecule has 0 saturated carbocycles. The van der Waals surface area contributed by atoms with Crippen molar-refractivity contribution in [3.63, 3.8) is 0 Å². The average Bonchev–Trinajstić information content (AvgIpc) is 2.59. The monoisotopic (exact) mass is 324 g/mol. The molecular weight excluding hydrogens is 304 g/mol. The number of anilines is 2. The van der Waals surface area contributed by atoms with E-state index in [2.05, 4.69) is 0 Å². The maximum atomic E-state index is 12.8. The first-order valence-corrected chi connectivity index (χ1v) is 7.87. The number of carbonyl (C=O) groups excluding carboxylic acids is 1. The van der Waals surface area contributed by atoms with Gasteiger partial charge >= 0.3 is 0 Å². The second-order valence-electron chi connectivity index (χ2n) is 5.57. The molecule has 0 unspecified atom stereocenters. The van der Waals surface area contributed by atoms with Crippen molar-refractivity contribution >= 4 is 23.4 Å². The number of ether oxygens (including phenoxy) is 2. The summed E-state index contributed by atoms with van der Waals surface area (Å²) >= 11 is 0. The third kappa shape index (κ3) is 3.06. The number of fused-ring (bicyclic) bond motifs is 1. The molecule has 0 radical (unpaired) electrons. The first kappa shape index (κ1) is 15.9. The lowest BCUT2D eigenvalue weighted by Crippen LogP contribution is -2.37. The van der Waals surface area contributed by atoms with Gasteiger partial charge in [0.2, 0.25) is 0 Å². The number of rotatable bonds is 4. The van der Waals surface area contributed by atoms with Crippen LogP contribution < -0.4 is 20.1 Å². The maximum Gasteiger partial charge on any atom is 0.294 e. The summed E-state index contributed by atoms with van der Waals surface area (Å²) in [4.78, 5) is 14.5. The van der Waals surface area contributed by atoms with Crippen LogP contribution in [0.1, 0.15) is 18.9 Å². The Bertz CT molecular complexity index is 782. The van der Waals surface area contributed by atoms with Crippen molar-refractivity contribution in [2.45, 2.75) is 13.3 Å². The van der Waals surface area contributed by atoms with Crippen LogP contribution in [0.5, 0.6) is 11.5 Å². The van der Waals surface area contributed by atoms with E-state index >= 15 is 0 Å². The summed E-state index contributed by atoms with van der Waals surface area (Å²) in [6.07, 6.45) is 2.59. The van der Waals surface area contributed by atoms with Crippen LogP contribution in [0.2, 0.25) is 0 Å². The van der Waals surface area contributed by atoms with E-state index in [0.717, 1.165) is 23.4 Å². The van der Waals surface area contributed by atoms with Gasteiger partial charge in [-0.2, -0.15) is 0 Å². The zero-order valence-electron chi connectivity index (χ0n) is 13.8. The van der Waals surface area contributed by atoms with Gasteiger partial charge in [-0.1, -0.05) is 19.1 Å². The van der Waals surface area contributed by atoms with Crippen molar-refractivity contribution in [1.29, 1.82) is 0 Å². The molecule has 1 amide bonds. The number of nitrogens with zero attached hydrogens (tertiary/aromatic N) is 1. The highest BCUT2D eigenvalue weighted by Gasteiger charge is 2.29. The van der Waals surface area contributed by atoms with Crippen LogP contribution >= 0.6 is 0 Å².